The molecule has 132 valence electrons. The van der Waals surface area contributed by atoms with Gasteiger partial charge in [0, 0.05) is 26.2 Å². The van der Waals surface area contributed by atoms with Crippen LogP contribution in [0.15, 0.2) is 30.6 Å². The van der Waals surface area contributed by atoms with Gasteiger partial charge >= 0.3 is 0 Å². The number of likely N-dealkylation sites (N-methyl/N-ethyl adjacent to an activating group) is 1. The first-order valence-corrected chi connectivity index (χ1v) is 8.72. The quantitative estimate of drug-likeness (QED) is 0.883. The molecule has 1 unspecified atom stereocenters. The second kappa shape index (κ2) is 7.45. The van der Waals surface area contributed by atoms with Crippen LogP contribution in [0.1, 0.15) is 18.5 Å². The third-order valence-corrected chi connectivity index (χ3v) is 5.08. The van der Waals surface area contributed by atoms with Crippen molar-refractivity contribution in [1.29, 1.82) is 0 Å². The van der Waals surface area contributed by atoms with Crippen molar-refractivity contribution in [3.8, 4) is 0 Å². The molecule has 6 nitrogen and oxygen atoms in total. The number of nitrogens with one attached hydrogen (secondary N) is 1. The number of halogens is 2. The first-order valence-electron chi connectivity index (χ1n) is 7.97. The number of carbonyl (C=O) groups excluding carboxylic acids is 1. The fourth-order valence-electron chi connectivity index (χ4n) is 2.71. The predicted molar refractivity (Wildman–Crippen MR) is 100 cm³/mol. The van der Waals surface area contributed by atoms with Crippen molar-refractivity contribution in [3.05, 3.63) is 46.2 Å². The van der Waals surface area contributed by atoms with Gasteiger partial charge in [0.05, 0.1) is 22.6 Å². The Morgan fingerprint density at radius 1 is 1.24 bits per heavy atom. The standard InChI is InChI=1S/C17H19Cl2N5O/c1-11(12-4-3-5-13(18)17(12)19)22-14-8-15(21-10-20-14)24-7-6-23(2)16(25)9-24/h3-5,8,10-11H,6-7,9H2,1-2H3,(H,20,21,22). The fraction of sp³-hybridized carbons (Fsp3) is 0.353. The molecule has 2 heterocycles. The highest BCUT2D eigenvalue weighted by Gasteiger charge is 2.22. The average Bonchev–Trinajstić information content (AvgIpc) is 2.60. The molecule has 3 rings (SSSR count). The van der Waals surface area contributed by atoms with Gasteiger partial charge in [-0.15, -0.1) is 0 Å². The van der Waals surface area contributed by atoms with E-state index >= 15 is 0 Å². The molecule has 1 atom stereocenters. The Hall–Kier alpha value is -2.05. The summed E-state index contributed by atoms with van der Waals surface area (Å²) in [4.78, 5) is 24.1. The summed E-state index contributed by atoms with van der Waals surface area (Å²) in [6.45, 7) is 3.73. The summed E-state index contributed by atoms with van der Waals surface area (Å²) in [7, 11) is 1.81. The molecule has 0 spiro atoms. The lowest BCUT2D eigenvalue weighted by Gasteiger charge is -2.32. The zero-order valence-corrected chi connectivity index (χ0v) is 15.6. The molecule has 1 aromatic carbocycles. The third-order valence-electron chi connectivity index (χ3n) is 4.25. The maximum Gasteiger partial charge on any atom is 0.241 e. The highest BCUT2D eigenvalue weighted by atomic mass is 35.5. The Kier molecular flexibility index (Phi) is 5.30. The molecule has 25 heavy (non-hydrogen) atoms. The van der Waals surface area contributed by atoms with E-state index in [2.05, 4.69) is 15.3 Å². The van der Waals surface area contributed by atoms with Gasteiger partial charge in [0.2, 0.25) is 5.91 Å². The molecular weight excluding hydrogens is 361 g/mol. The topological polar surface area (TPSA) is 61.4 Å². The number of hydrogen-bond donors (Lipinski definition) is 1. The van der Waals surface area contributed by atoms with Gasteiger partial charge in [-0.1, -0.05) is 35.3 Å². The molecule has 1 fully saturated rings. The van der Waals surface area contributed by atoms with Gasteiger partial charge in [-0.05, 0) is 18.6 Å². The maximum absolute atomic E-state index is 11.9. The van der Waals surface area contributed by atoms with Gasteiger partial charge in [-0.25, -0.2) is 9.97 Å². The number of rotatable bonds is 4. The van der Waals surface area contributed by atoms with E-state index in [1.807, 2.05) is 37.1 Å². The molecule has 8 heteroatoms. The van der Waals surface area contributed by atoms with E-state index in [1.165, 1.54) is 6.33 Å². The van der Waals surface area contributed by atoms with E-state index in [0.29, 0.717) is 29.0 Å². The Morgan fingerprint density at radius 2 is 2.04 bits per heavy atom. The van der Waals surface area contributed by atoms with Crippen molar-refractivity contribution >= 4 is 40.7 Å². The highest BCUT2D eigenvalue weighted by Crippen LogP contribution is 2.31. The molecular formula is C17H19Cl2N5O. The first kappa shape index (κ1) is 17.8. The van der Waals surface area contributed by atoms with Crippen molar-refractivity contribution < 1.29 is 4.79 Å². The number of anilines is 2. The van der Waals surface area contributed by atoms with Gasteiger partial charge in [0.25, 0.3) is 0 Å². The number of hydrogen-bond acceptors (Lipinski definition) is 5. The normalized spacial score (nSPS) is 16.1. The Labute approximate surface area is 156 Å². The summed E-state index contributed by atoms with van der Waals surface area (Å²) in [5, 5.41) is 4.36. The van der Waals surface area contributed by atoms with Gasteiger partial charge in [-0.2, -0.15) is 0 Å². The number of nitrogens with zero attached hydrogens (tertiary/aromatic N) is 4. The van der Waals surface area contributed by atoms with Crippen LogP contribution >= 0.6 is 23.2 Å². The van der Waals surface area contributed by atoms with Crippen LogP contribution in [0.5, 0.6) is 0 Å². The lowest BCUT2D eigenvalue weighted by Crippen LogP contribution is -2.48. The lowest BCUT2D eigenvalue weighted by molar-refractivity contribution is -0.129. The minimum Gasteiger partial charge on any atom is -0.363 e. The average molecular weight is 380 g/mol. The lowest BCUT2D eigenvalue weighted by atomic mass is 10.1. The van der Waals surface area contributed by atoms with E-state index in [0.717, 1.165) is 17.9 Å². The van der Waals surface area contributed by atoms with E-state index in [-0.39, 0.29) is 11.9 Å². The Balaban J connectivity index is 1.75. The molecule has 0 aliphatic carbocycles. The summed E-state index contributed by atoms with van der Waals surface area (Å²) >= 11 is 12.4. The van der Waals surface area contributed by atoms with Crippen LogP contribution < -0.4 is 10.2 Å². The number of amides is 1. The highest BCUT2D eigenvalue weighted by molar-refractivity contribution is 6.42. The zero-order chi connectivity index (χ0) is 18.0. The van der Waals surface area contributed by atoms with E-state index in [1.54, 1.807) is 11.0 Å². The monoisotopic (exact) mass is 379 g/mol. The van der Waals surface area contributed by atoms with Gasteiger partial charge in [-0.3, -0.25) is 4.79 Å². The smallest absolute Gasteiger partial charge is 0.241 e. The summed E-state index contributed by atoms with van der Waals surface area (Å²) in [6.07, 6.45) is 1.49. The van der Waals surface area contributed by atoms with Crippen molar-refractivity contribution in [1.82, 2.24) is 14.9 Å². The van der Waals surface area contributed by atoms with Crippen LogP contribution in [0.3, 0.4) is 0 Å². The van der Waals surface area contributed by atoms with Gasteiger partial charge in [0.15, 0.2) is 0 Å². The summed E-state index contributed by atoms with van der Waals surface area (Å²) in [6, 6.07) is 7.31. The molecule has 0 radical (unpaired) electrons. The minimum absolute atomic E-state index is 0.0805. The molecule has 1 aliphatic heterocycles. The SMILES string of the molecule is CC(Nc1cc(N2CCN(C)C(=O)C2)ncn1)c1cccc(Cl)c1Cl. The molecule has 1 saturated heterocycles. The summed E-state index contributed by atoms with van der Waals surface area (Å²) in [5.74, 6) is 1.47. The van der Waals surface area contributed by atoms with Crippen molar-refractivity contribution in [2.45, 2.75) is 13.0 Å². The van der Waals surface area contributed by atoms with E-state index in [9.17, 15) is 4.79 Å². The third kappa shape index (κ3) is 3.96. The van der Waals surface area contributed by atoms with Crippen LogP contribution in [0.25, 0.3) is 0 Å². The maximum atomic E-state index is 11.9. The van der Waals surface area contributed by atoms with Crippen LogP contribution in [0, 0.1) is 0 Å². The van der Waals surface area contributed by atoms with Crippen LogP contribution in [-0.2, 0) is 4.79 Å². The van der Waals surface area contributed by atoms with Crippen molar-refractivity contribution in [2.75, 3.05) is 36.9 Å². The largest absolute Gasteiger partial charge is 0.363 e. The second-order valence-electron chi connectivity index (χ2n) is 6.01. The van der Waals surface area contributed by atoms with Gasteiger partial charge in [0.1, 0.15) is 18.0 Å². The number of carbonyl (C=O) groups is 1. The second-order valence-corrected chi connectivity index (χ2v) is 6.79. The Bertz CT molecular complexity index is 785. The molecule has 1 aliphatic rings. The number of aromatic nitrogens is 2. The van der Waals surface area contributed by atoms with E-state index in [4.69, 9.17) is 23.2 Å². The molecule has 1 N–H and O–H groups in total. The van der Waals surface area contributed by atoms with Crippen LogP contribution in [0.2, 0.25) is 10.0 Å². The van der Waals surface area contributed by atoms with Gasteiger partial charge < -0.3 is 15.1 Å². The van der Waals surface area contributed by atoms with Crippen LogP contribution in [0.4, 0.5) is 11.6 Å². The zero-order valence-electron chi connectivity index (χ0n) is 14.0. The summed E-state index contributed by atoms with van der Waals surface area (Å²) < 4.78 is 0. The molecule has 0 bridgehead atoms. The summed E-state index contributed by atoms with van der Waals surface area (Å²) in [5.41, 5.74) is 0.893. The first-order chi connectivity index (χ1) is 12.0. The number of benzene rings is 1. The van der Waals surface area contributed by atoms with Crippen LogP contribution in [-0.4, -0.2) is 47.5 Å². The van der Waals surface area contributed by atoms with Crippen molar-refractivity contribution in [3.63, 3.8) is 0 Å². The van der Waals surface area contributed by atoms with E-state index < -0.39 is 0 Å². The molecule has 2 aromatic rings. The molecule has 0 saturated carbocycles. The fourth-order valence-corrected chi connectivity index (χ4v) is 3.18. The minimum atomic E-state index is -0.0805. The molecule has 1 aromatic heterocycles. The predicted octanol–water partition coefficient (Wildman–Crippen LogP) is 3.23. The Morgan fingerprint density at radius 3 is 2.80 bits per heavy atom. The number of piperazine rings is 1. The van der Waals surface area contributed by atoms with Crippen molar-refractivity contribution in [2.24, 2.45) is 0 Å². The molecule has 1 amide bonds.